The zero-order valence-corrected chi connectivity index (χ0v) is 15.1. The van der Waals surface area contributed by atoms with Crippen molar-refractivity contribution in [3.05, 3.63) is 64.4 Å². The number of rotatable bonds is 8. The molecule has 1 N–H and O–H groups in total. The van der Waals surface area contributed by atoms with Gasteiger partial charge in [0, 0.05) is 24.1 Å². The van der Waals surface area contributed by atoms with Gasteiger partial charge in [0.2, 0.25) is 0 Å². The molecule has 0 atom stereocenters. The third kappa shape index (κ3) is 6.29. The maximum Gasteiger partial charge on any atom is 0.257 e. The van der Waals surface area contributed by atoms with E-state index >= 15 is 0 Å². The predicted molar refractivity (Wildman–Crippen MR) is 95.4 cm³/mol. The molecule has 128 valence electrons. The summed E-state index contributed by atoms with van der Waals surface area (Å²) in [4.78, 5) is 13.9. The zero-order chi connectivity index (χ0) is 17.4. The van der Waals surface area contributed by atoms with Gasteiger partial charge in [0.15, 0.2) is 18.2 Å². The largest absolute Gasteiger partial charge is 0.481 e. The van der Waals surface area contributed by atoms with E-state index in [0.717, 1.165) is 6.54 Å². The summed E-state index contributed by atoms with van der Waals surface area (Å²) in [6.45, 7) is 1.83. The highest BCUT2D eigenvalue weighted by Gasteiger charge is 2.07. The monoisotopic (exact) mass is 394 g/mol. The first-order valence-electron chi connectivity index (χ1n) is 7.61. The van der Waals surface area contributed by atoms with Gasteiger partial charge in [0.25, 0.3) is 5.91 Å². The molecule has 6 heteroatoms. The molecule has 0 spiro atoms. The normalized spacial score (nSPS) is 10.7. The Morgan fingerprint density at radius 3 is 2.71 bits per heavy atom. The Bertz CT molecular complexity index is 667. The minimum absolute atomic E-state index is 0.0644. The molecule has 0 radical (unpaired) electrons. The van der Waals surface area contributed by atoms with Crippen LogP contribution in [0.1, 0.15) is 5.56 Å². The van der Waals surface area contributed by atoms with Gasteiger partial charge in [-0.05, 0) is 30.8 Å². The lowest BCUT2D eigenvalue weighted by Crippen LogP contribution is -2.35. The molecule has 24 heavy (non-hydrogen) atoms. The van der Waals surface area contributed by atoms with E-state index in [1.165, 1.54) is 17.7 Å². The van der Waals surface area contributed by atoms with Crippen molar-refractivity contribution >= 4 is 21.8 Å². The maximum atomic E-state index is 13.6. The smallest absolute Gasteiger partial charge is 0.257 e. The minimum atomic E-state index is -0.500. The van der Waals surface area contributed by atoms with E-state index < -0.39 is 5.82 Å². The lowest BCUT2D eigenvalue weighted by molar-refractivity contribution is -0.123. The molecule has 2 aromatic carbocycles. The highest BCUT2D eigenvalue weighted by atomic mass is 79.9. The van der Waals surface area contributed by atoms with E-state index in [-0.39, 0.29) is 18.3 Å². The summed E-state index contributed by atoms with van der Waals surface area (Å²) in [5.41, 5.74) is 1.22. The van der Waals surface area contributed by atoms with Gasteiger partial charge in [-0.15, -0.1) is 0 Å². The van der Waals surface area contributed by atoms with E-state index in [2.05, 4.69) is 38.3 Å². The zero-order valence-electron chi connectivity index (χ0n) is 13.5. The molecular weight excluding hydrogens is 375 g/mol. The number of nitrogens with zero attached hydrogens (tertiary/aromatic N) is 1. The van der Waals surface area contributed by atoms with Crippen LogP contribution in [0.15, 0.2) is 53.0 Å². The SMILES string of the molecule is CN(CCNC(=O)COc1ccc(Br)cc1F)Cc1ccccc1. The highest BCUT2D eigenvalue weighted by molar-refractivity contribution is 9.10. The number of hydrogen-bond donors (Lipinski definition) is 1. The second kappa shape index (κ2) is 9.39. The summed E-state index contributed by atoms with van der Waals surface area (Å²) in [7, 11) is 1.99. The second-order valence-electron chi connectivity index (χ2n) is 5.44. The van der Waals surface area contributed by atoms with Crippen LogP contribution >= 0.6 is 15.9 Å². The molecule has 0 heterocycles. The Kier molecular flexibility index (Phi) is 7.21. The number of nitrogens with one attached hydrogen (secondary N) is 1. The van der Waals surface area contributed by atoms with Crippen LogP contribution in [-0.4, -0.2) is 37.6 Å². The van der Waals surface area contributed by atoms with Crippen LogP contribution in [0.2, 0.25) is 0 Å². The average molecular weight is 395 g/mol. The third-order valence-electron chi connectivity index (χ3n) is 3.36. The van der Waals surface area contributed by atoms with Crippen molar-refractivity contribution in [2.24, 2.45) is 0 Å². The second-order valence-corrected chi connectivity index (χ2v) is 6.35. The molecule has 0 aromatic heterocycles. The first-order chi connectivity index (χ1) is 11.5. The summed E-state index contributed by atoms with van der Waals surface area (Å²) in [6.07, 6.45) is 0. The summed E-state index contributed by atoms with van der Waals surface area (Å²) >= 11 is 3.17. The number of carbonyl (C=O) groups is 1. The van der Waals surface area contributed by atoms with Crippen molar-refractivity contribution in [1.82, 2.24) is 10.2 Å². The Morgan fingerprint density at radius 2 is 2.00 bits per heavy atom. The molecule has 0 unspecified atom stereocenters. The van der Waals surface area contributed by atoms with Crippen molar-refractivity contribution in [3.63, 3.8) is 0 Å². The van der Waals surface area contributed by atoms with Gasteiger partial charge in [-0.1, -0.05) is 46.3 Å². The maximum absolute atomic E-state index is 13.6. The Morgan fingerprint density at radius 1 is 1.25 bits per heavy atom. The number of amides is 1. The molecule has 0 saturated heterocycles. The van der Waals surface area contributed by atoms with Crippen LogP contribution in [0.4, 0.5) is 4.39 Å². The van der Waals surface area contributed by atoms with E-state index in [1.807, 2.05) is 25.2 Å². The van der Waals surface area contributed by atoms with E-state index in [0.29, 0.717) is 17.6 Å². The molecule has 0 bridgehead atoms. The number of carbonyl (C=O) groups excluding carboxylic acids is 1. The van der Waals surface area contributed by atoms with Crippen molar-refractivity contribution < 1.29 is 13.9 Å². The molecule has 0 fully saturated rings. The number of likely N-dealkylation sites (N-methyl/N-ethyl adjacent to an activating group) is 1. The van der Waals surface area contributed by atoms with Crippen LogP contribution in [-0.2, 0) is 11.3 Å². The number of benzene rings is 2. The first-order valence-corrected chi connectivity index (χ1v) is 8.41. The van der Waals surface area contributed by atoms with Crippen molar-refractivity contribution in [2.45, 2.75) is 6.54 Å². The molecule has 2 aromatic rings. The minimum Gasteiger partial charge on any atom is -0.481 e. The van der Waals surface area contributed by atoms with Crippen molar-refractivity contribution in [3.8, 4) is 5.75 Å². The molecule has 1 amide bonds. The van der Waals surface area contributed by atoms with Gasteiger partial charge < -0.3 is 15.0 Å². The van der Waals surface area contributed by atoms with Crippen LogP contribution in [0.25, 0.3) is 0 Å². The number of hydrogen-bond acceptors (Lipinski definition) is 3. The summed E-state index contributed by atoms with van der Waals surface area (Å²) in [5, 5.41) is 2.76. The fraction of sp³-hybridized carbons (Fsp3) is 0.278. The van der Waals surface area contributed by atoms with Crippen molar-refractivity contribution in [1.29, 1.82) is 0 Å². The van der Waals surface area contributed by atoms with E-state index in [4.69, 9.17) is 4.74 Å². The molecule has 0 aliphatic carbocycles. The highest BCUT2D eigenvalue weighted by Crippen LogP contribution is 2.21. The Balaban J connectivity index is 1.66. The van der Waals surface area contributed by atoms with Crippen LogP contribution in [0, 0.1) is 5.82 Å². The average Bonchev–Trinajstić information content (AvgIpc) is 2.55. The fourth-order valence-corrected chi connectivity index (χ4v) is 2.48. The van der Waals surface area contributed by atoms with Gasteiger partial charge in [0.1, 0.15) is 0 Å². The van der Waals surface area contributed by atoms with Gasteiger partial charge >= 0.3 is 0 Å². The number of halogens is 2. The standard InChI is InChI=1S/C18H20BrFN2O2/c1-22(12-14-5-3-2-4-6-14)10-9-21-18(23)13-24-17-8-7-15(19)11-16(17)20/h2-8,11H,9-10,12-13H2,1H3,(H,21,23). The summed E-state index contributed by atoms with van der Waals surface area (Å²) < 4.78 is 19.4. The summed E-state index contributed by atoms with van der Waals surface area (Å²) in [6, 6.07) is 14.6. The first kappa shape index (κ1) is 18.4. The predicted octanol–water partition coefficient (Wildman–Crippen LogP) is 3.22. The van der Waals surface area contributed by atoms with Gasteiger partial charge in [-0.25, -0.2) is 4.39 Å². The van der Waals surface area contributed by atoms with Gasteiger partial charge in [-0.2, -0.15) is 0 Å². The summed E-state index contributed by atoms with van der Waals surface area (Å²) in [5.74, 6) is -0.709. The number of ether oxygens (including phenoxy) is 1. The molecule has 0 aliphatic rings. The lowest BCUT2D eigenvalue weighted by Gasteiger charge is -2.17. The molecule has 0 aliphatic heterocycles. The Labute approximate surface area is 149 Å². The molecule has 2 rings (SSSR count). The van der Waals surface area contributed by atoms with Gasteiger partial charge in [-0.3, -0.25) is 4.79 Å². The fourth-order valence-electron chi connectivity index (χ4n) is 2.15. The third-order valence-corrected chi connectivity index (χ3v) is 3.86. The topological polar surface area (TPSA) is 41.6 Å². The Hall–Kier alpha value is -1.92. The molecule has 4 nitrogen and oxygen atoms in total. The van der Waals surface area contributed by atoms with E-state index in [9.17, 15) is 9.18 Å². The molecular formula is C18H20BrFN2O2. The van der Waals surface area contributed by atoms with Crippen LogP contribution < -0.4 is 10.1 Å². The van der Waals surface area contributed by atoms with E-state index in [1.54, 1.807) is 6.07 Å². The molecule has 0 saturated carbocycles. The van der Waals surface area contributed by atoms with Crippen LogP contribution in [0.3, 0.4) is 0 Å². The van der Waals surface area contributed by atoms with Crippen LogP contribution in [0.5, 0.6) is 5.75 Å². The lowest BCUT2D eigenvalue weighted by atomic mass is 10.2. The van der Waals surface area contributed by atoms with Gasteiger partial charge in [0.05, 0.1) is 0 Å². The quantitative estimate of drug-likeness (QED) is 0.747. The van der Waals surface area contributed by atoms with Crippen molar-refractivity contribution in [2.75, 3.05) is 26.7 Å².